The van der Waals surface area contributed by atoms with E-state index < -0.39 is 0 Å². The van der Waals surface area contributed by atoms with Gasteiger partial charge in [0.15, 0.2) is 0 Å². The van der Waals surface area contributed by atoms with Gasteiger partial charge in [0, 0.05) is 53.6 Å². The molecule has 0 bridgehead atoms. The molecule has 0 saturated heterocycles. The van der Waals surface area contributed by atoms with Gasteiger partial charge in [-0.3, -0.25) is 0 Å². The fraction of sp³-hybridized carbons (Fsp3) is 0.100. The molecule has 0 fully saturated rings. The molecule has 0 radical (unpaired) electrons. The van der Waals surface area contributed by atoms with Crippen LogP contribution in [0.4, 0.5) is 0 Å². The van der Waals surface area contributed by atoms with Crippen LogP contribution in [-0.4, -0.2) is 0 Å². The van der Waals surface area contributed by atoms with Crippen molar-refractivity contribution >= 4 is 82.1 Å². The zero-order chi connectivity index (χ0) is 41.8. The summed E-state index contributed by atoms with van der Waals surface area (Å²) in [6, 6.07) is 55.2. The highest BCUT2D eigenvalue weighted by atomic mass is 32.1. The van der Waals surface area contributed by atoms with Crippen molar-refractivity contribution in [2.24, 2.45) is 11.8 Å². The third-order valence-corrected chi connectivity index (χ3v) is 15.1. The summed E-state index contributed by atoms with van der Waals surface area (Å²) >= 11 is 1.87. The van der Waals surface area contributed by atoms with Gasteiger partial charge in [0.05, 0.1) is 0 Å². The van der Waals surface area contributed by atoms with Crippen LogP contribution in [0.1, 0.15) is 36.5 Å². The van der Waals surface area contributed by atoms with Crippen LogP contribution in [0.5, 0.6) is 0 Å². The maximum atomic E-state index is 7.20. The van der Waals surface area contributed by atoms with Gasteiger partial charge in [0.25, 0.3) is 0 Å². The number of fused-ring (bicyclic) bond motifs is 9. The molecule has 11 aromatic rings. The van der Waals surface area contributed by atoms with Crippen molar-refractivity contribution in [3.8, 4) is 43.8 Å². The molecule has 0 spiro atoms. The molecular weight excluding hydrogens is 785 g/mol. The third-order valence-electron chi connectivity index (χ3n) is 13.8. The number of rotatable bonds is 5. The van der Waals surface area contributed by atoms with Crippen LogP contribution in [0.2, 0.25) is 0 Å². The van der Waals surface area contributed by atoms with Crippen molar-refractivity contribution in [2.45, 2.75) is 26.2 Å². The quantitative estimate of drug-likeness (QED) is 0.173. The molecule has 8 aromatic carbocycles. The molecule has 13 rings (SSSR count). The summed E-state index contributed by atoms with van der Waals surface area (Å²) in [6.07, 6.45) is 15.0. The van der Waals surface area contributed by atoms with Gasteiger partial charge in [0.2, 0.25) is 0 Å². The molecule has 2 aliphatic carbocycles. The van der Waals surface area contributed by atoms with Gasteiger partial charge in [0.1, 0.15) is 22.3 Å². The van der Waals surface area contributed by atoms with Gasteiger partial charge in [-0.2, -0.15) is 0 Å². The maximum absolute atomic E-state index is 7.20. The topological polar surface area (TPSA) is 26.3 Å². The second-order valence-electron chi connectivity index (χ2n) is 17.5. The van der Waals surface area contributed by atoms with E-state index in [4.69, 9.17) is 8.83 Å². The SMILES string of the molecule is CC1C=Cc2c(c(-c3ccc(-c4c(-c5ccc6c(c5)oc5ccccc56)sc5c(-c6ccccc6)cccc45)c4c3oc3ccccc34)c3ccccc3c2C2C=CC=CC2C)C1. The zero-order valence-corrected chi connectivity index (χ0v) is 35.9. The van der Waals surface area contributed by atoms with Gasteiger partial charge in [-0.25, -0.2) is 0 Å². The Morgan fingerprint density at radius 3 is 2.05 bits per heavy atom. The van der Waals surface area contributed by atoms with E-state index in [1.54, 1.807) is 0 Å². The maximum Gasteiger partial charge on any atom is 0.143 e. The second-order valence-corrected chi connectivity index (χ2v) is 18.6. The van der Waals surface area contributed by atoms with Crippen molar-refractivity contribution in [3.63, 3.8) is 0 Å². The van der Waals surface area contributed by atoms with Gasteiger partial charge in [-0.1, -0.05) is 172 Å². The molecule has 3 heteroatoms. The van der Waals surface area contributed by atoms with Crippen LogP contribution in [0.15, 0.2) is 191 Å². The minimum atomic E-state index is 0.291. The number of hydrogen-bond donors (Lipinski definition) is 0. The molecule has 3 heterocycles. The molecule has 3 atom stereocenters. The Hall–Kier alpha value is -7.20. The lowest BCUT2D eigenvalue weighted by atomic mass is 9.73. The first kappa shape index (κ1) is 36.5. The first-order valence-corrected chi connectivity index (χ1v) is 23.0. The predicted molar refractivity (Wildman–Crippen MR) is 268 cm³/mol. The average Bonchev–Trinajstić information content (AvgIpc) is 4.03. The molecule has 0 aliphatic heterocycles. The Labute approximate surface area is 369 Å². The largest absolute Gasteiger partial charge is 0.456 e. The van der Waals surface area contributed by atoms with Crippen LogP contribution in [0.3, 0.4) is 0 Å². The van der Waals surface area contributed by atoms with Crippen LogP contribution < -0.4 is 0 Å². The van der Waals surface area contributed by atoms with Crippen molar-refractivity contribution in [1.29, 1.82) is 0 Å². The minimum absolute atomic E-state index is 0.291. The summed E-state index contributed by atoms with van der Waals surface area (Å²) in [4.78, 5) is 1.21. The minimum Gasteiger partial charge on any atom is -0.456 e. The summed E-state index contributed by atoms with van der Waals surface area (Å²) in [5.74, 6) is 1.10. The van der Waals surface area contributed by atoms with E-state index in [0.29, 0.717) is 17.8 Å². The van der Waals surface area contributed by atoms with Gasteiger partial charge < -0.3 is 8.83 Å². The number of hydrogen-bond acceptors (Lipinski definition) is 3. The summed E-state index contributed by atoms with van der Waals surface area (Å²) < 4.78 is 15.0. The van der Waals surface area contributed by atoms with E-state index in [1.165, 1.54) is 70.2 Å². The van der Waals surface area contributed by atoms with E-state index in [-0.39, 0.29) is 0 Å². The monoisotopic (exact) mass is 826 g/mol. The lowest BCUT2D eigenvalue weighted by Gasteiger charge is -2.30. The Kier molecular flexibility index (Phi) is 8.20. The van der Waals surface area contributed by atoms with Gasteiger partial charge >= 0.3 is 0 Å². The molecule has 0 amide bonds. The Balaban J connectivity index is 1.12. The fourth-order valence-electron chi connectivity index (χ4n) is 10.9. The lowest BCUT2D eigenvalue weighted by Crippen LogP contribution is -2.15. The number of allylic oxidation sites excluding steroid dienone is 5. The average molecular weight is 827 g/mol. The molecule has 63 heavy (non-hydrogen) atoms. The zero-order valence-electron chi connectivity index (χ0n) is 35.1. The normalized spacial score (nSPS) is 17.3. The Bertz CT molecular complexity index is 3760. The molecule has 2 aliphatic rings. The second kappa shape index (κ2) is 14.2. The number of para-hydroxylation sites is 2. The molecule has 0 N–H and O–H groups in total. The van der Waals surface area contributed by atoms with Crippen LogP contribution in [-0.2, 0) is 6.42 Å². The molecule has 3 aromatic heterocycles. The molecule has 2 nitrogen and oxygen atoms in total. The van der Waals surface area contributed by atoms with E-state index >= 15 is 0 Å². The predicted octanol–water partition coefficient (Wildman–Crippen LogP) is 17.6. The smallest absolute Gasteiger partial charge is 0.143 e. The molecule has 0 saturated carbocycles. The van der Waals surface area contributed by atoms with E-state index in [9.17, 15) is 0 Å². The van der Waals surface area contributed by atoms with E-state index in [1.807, 2.05) is 17.4 Å². The lowest BCUT2D eigenvalue weighted by molar-refractivity contribution is 0.634. The molecule has 300 valence electrons. The first-order valence-electron chi connectivity index (χ1n) is 22.2. The third kappa shape index (κ3) is 5.56. The highest BCUT2D eigenvalue weighted by Crippen LogP contribution is 2.54. The number of furan rings is 2. The van der Waals surface area contributed by atoms with Crippen molar-refractivity contribution in [3.05, 3.63) is 199 Å². The summed E-state index contributed by atoms with van der Waals surface area (Å²) in [5, 5.41) is 8.37. The number of benzene rings is 8. The fourth-order valence-corrected chi connectivity index (χ4v) is 12.2. The van der Waals surface area contributed by atoms with Crippen molar-refractivity contribution in [2.75, 3.05) is 0 Å². The standard InChI is InChI=1S/C60H42O2S/c1-35-27-29-45-50(33-35)55(44-21-9-8-20-43(44)54(45)39-18-7-6-15-36(39)2)48-32-31-47(56-46-22-11-13-26-52(46)62-58(48)56)57-49-24-14-23-40(37-16-4-3-5-17-37)60(49)63-59(57)38-28-30-42-41-19-10-12-25-51(41)61-53(42)34-38/h3-32,34-36,39H,33H2,1-2H3. The van der Waals surface area contributed by atoms with E-state index in [0.717, 1.165) is 61.4 Å². The van der Waals surface area contributed by atoms with Crippen LogP contribution in [0, 0.1) is 11.8 Å². The highest BCUT2D eigenvalue weighted by molar-refractivity contribution is 7.23. The van der Waals surface area contributed by atoms with Gasteiger partial charge in [-0.05, 0) is 104 Å². The summed E-state index contributed by atoms with van der Waals surface area (Å²) in [6.45, 7) is 4.70. The number of thiophene rings is 1. The van der Waals surface area contributed by atoms with Crippen LogP contribution in [0.25, 0.3) is 115 Å². The summed E-state index contributed by atoms with van der Waals surface area (Å²) in [5.41, 5.74) is 16.3. The molecular formula is C60H42O2S. The van der Waals surface area contributed by atoms with Crippen molar-refractivity contribution < 1.29 is 8.83 Å². The highest BCUT2D eigenvalue weighted by Gasteiger charge is 2.31. The van der Waals surface area contributed by atoms with Crippen LogP contribution >= 0.6 is 11.3 Å². The Morgan fingerprint density at radius 2 is 1.21 bits per heavy atom. The summed E-state index contributed by atoms with van der Waals surface area (Å²) in [7, 11) is 0. The van der Waals surface area contributed by atoms with Crippen molar-refractivity contribution in [1.82, 2.24) is 0 Å². The molecule has 3 unspecified atom stereocenters. The van der Waals surface area contributed by atoms with Gasteiger partial charge in [-0.15, -0.1) is 11.3 Å². The Morgan fingerprint density at radius 1 is 0.508 bits per heavy atom. The van der Waals surface area contributed by atoms with E-state index in [2.05, 4.69) is 196 Å². The first-order chi connectivity index (χ1) is 31.1.